The van der Waals surface area contributed by atoms with Crippen LogP contribution in [0.15, 0.2) is 41.3 Å². The van der Waals surface area contributed by atoms with Gasteiger partial charge in [0.2, 0.25) is 17.7 Å². The number of aromatic carboxylic acids is 1. The van der Waals surface area contributed by atoms with Crippen LogP contribution in [-0.2, 0) is 0 Å². The maximum Gasteiger partial charge on any atom is 0.337 e. The Bertz CT molecular complexity index is 1400. The lowest BCUT2D eigenvalue weighted by atomic mass is 9.97. The highest BCUT2D eigenvalue weighted by molar-refractivity contribution is 5.94. The number of furan rings is 1. The van der Waals surface area contributed by atoms with Crippen LogP contribution >= 0.6 is 12.4 Å². The van der Waals surface area contributed by atoms with E-state index in [-0.39, 0.29) is 18.4 Å². The third-order valence-corrected chi connectivity index (χ3v) is 7.02. The molecule has 14 heteroatoms. The molecule has 6 heterocycles. The predicted molar refractivity (Wildman–Crippen MR) is 143 cm³/mol. The molecular weight excluding hydrogens is 512 g/mol. The van der Waals surface area contributed by atoms with Gasteiger partial charge in [0.15, 0.2) is 5.76 Å². The number of fused-ring (bicyclic) bond motifs is 1. The number of piperidine rings is 1. The molecule has 3 N–H and O–H groups in total. The van der Waals surface area contributed by atoms with Gasteiger partial charge >= 0.3 is 5.97 Å². The van der Waals surface area contributed by atoms with Crippen molar-refractivity contribution >= 4 is 41.7 Å². The maximum absolute atomic E-state index is 11.6. The highest BCUT2D eigenvalue weighted by Crippen LogP contribution is 2.25. The van der Waals surface area contributed by atoms with E-state index in [4.69, 9.17) is 10.2 Å². The van der Waals surface area contributed by atoms with Gasteiger partial charge in [0.1, 0.15) is 0 Å². The van der Waals surface area contributed by atoms with E-state index in [2.05, 4.69) is 39.7 Å². The van der Waals surface area contributed by atoms with Gasteiger partial charge in [-0.3, -0.25) is 9.88 Å². The van der Waals surface area contributed by atoms with Crippen LogP contribution in [0, 0.1) is 5.92 Å². The van der Waals surface area contributed by atoms with Gasteiger partial charge in [0, 0.05) is 52.0 Å². The number of carboxylic acids is 1. The number of rotatable bonds is 6. The number of hydrogen-bond acceptors (Lipinski definition) is 11. The molecule has 1 atom stereocenters. The van der Waals surface area contributed by atoms with Crippen molar-refractivity contribution in [2.24, 2.45) is 5.92 Å². The van der Waals surface area contributed by atoms with E-state index in [1.807, 2.05) is 0 Å². The van der Waals surface area contributed by atoms with Gasteiger partial charge in [-0.05, 0) is 37.0 Å². The first kappa shape index (κ1) is 25.7. The van der Waals surface area contributed by atoms with Gasteiger partial charge in [-0.2, -0.15) is 19.5 Å². The van der Waals surface area contributed by atoms with E-state index in [0.29, 0.717) is 40.5 Å². The summed E-state index contributed by atoms with van der Waals surface area (Å²) in [5, 5.41) is 13.9. The SMILES string of the molecule is Cl.Nc1nc(N2CCCC(CN3CCN(c4cnccc4C(=O)O)CC3)C2)nc2nc(-c3ccco3)nn12. The van der Waals surface area contributed by atoms with Crippen LogP contribution in [0.3, 0.4) is 0 Å². The zero-order valence-electron chi connectivity index (χ0n) is 20.7. The van der Waals surface area contributed by atoms with Crippen molar-refractivity contribution in [3.63, 3.8) is 0 Å². The normalized spacial score (nSPS) is 18.5. The zero-order valence-corrected chi connectivity index (χ0v) is 21.5. The summed E-state index contributed by atoms with van der Waals surface area (Å²) in [5.74, 6) is 1.70. The first-order valence-corrected chi connectivity index (χ1v) is 12.4. The summed E-state index contributed by atoms with van der Waals surface area (Å²) in [7, 11) is 0. The summed E-state index contributed by atoms with van der Waals surface area (Å²) in [4.78, 5) is 36.1. The number of halogens is 1. The topological polar surface area (TPSA) is 155 Å². The molecule has 0 saturated carbocycles. The molecule has 0 spiro atoms. The van der Waals surface area contributed by atoms with Crippen LogP contribution in [0.25, 0.3) is 17.4 Å². The second-order valence-corrected chi connectivity index (χ2v) is 9.45. The minimum absolute atomic E-state index is 0. The second kappa shape index (κ2) is 10.8. The maximum atomic E-state index is 11.6. The van der Waals surface area contributed by atoms with Crippen LogP contribution in [-0.4, -0.2) is 91.3 Å². The van der Waals surface area contributed by atoms with Crippen LogP contribution in [0.2, 0.25) is 0 Å². The Labute approximate surface area is 224 Å². The van der Waals surface area contributed by atoms with Gasteiger partial charge < -0.3 is 25.1 Å². The van der Waals surface area contributed by atoms with Crippen LogP contribution < -0.4 is 15.5 Å². The number of hydrogen-bond donors (Lipinski definition) is 2. The summed E-state index contributed by atoms with van der Waals surface area (Å²) in [6.07, 6.45) is 6.91. The number of piperazine rings is 1. The van der Waals surface area contributed by atoms with Crippen molar-refractivity contribution in [2.75, 3.05) is 61.3 Å². The molecule has 0 aromatic carbocycles. The molecule has 6 rings (SSSR count). The number of anilines is 3. The Kier molecular flexibility index (Phi) is 7.29. The average Bonchev–Trinajstić information content (AvgIpc) is 3.60. The van der Waals surface area contributed by atoms with Gasteiger partial charge in [-0.1, -0.05) is 0 Å². The first-order valence-electron chi connectivity index (χ1n) is 12.4. The quantitative estimate of drug-likeness (QED) is 0.367. The van der Waals surface area contributed by atoms with Gasteiger partial charge in [-0.15, -0.1) is 17.5 Å². The Hall–Kier alpha value is -3.97. The fourth-order valence-corrected chi connectivity index (χ4v) is 5.20. The van der Waals surface area contributed by atoms with Crippen molar-refractivity contribution < 1.29 is 14.3 Å². The molecule has 1 unspecified atom stereocenters. The van der Waals surface area contributed by atoms with E-state index in [0.717, 1.165) is 58.7 Å². The Morgan fingerprint density at radius 2 is 1.95 bits per heavy atom. The number of carbonyl (C=O) groups is 1. The zero-order chi connectivity index (χ0) is 25.4. The lowest BCUT2D eigenvalue weighted by Crippen LogP contribution is -2.50. The van der Waals surface area contributed by atoms with E-state index >= 15 is 0 Å². The standard InChI is InChI=1S/C24H28N10O3.ClH/c25-22-28-23(29-24-27-20(30-34(22)24)19-4-2-12-37-19)33-7-1-3-16(15-33)14-31-8-10-32(11-9-31)18-13-26-6-5-17(18)21(35)36;/h2,4-6,12-13,16H,1,3,7-11,14-15H2,(H,35,36)(H2,25,27,28,29,30);1H. The van der Waals surface area contributed by atoms with Gasteiger partial charge in [-0.25, -0.2) is 4.79 Å². The molecule has 2 fully saturated rings. The third kappa shape index (κ3) is 5.07. The Morgan fingerprint density at radius 3 is 2.71 bits per heavy atom. The molecule has 38 heavy (non-hydrogen) atoms. The highest BCUT2D eigenvalue weighted by atomic mass is 35.5. The summed E-state index contributed by atoms with van der Waals surface area (Å²) in [5.41, 5.74) is 7.19. The fourth-order valence-electron chi connectivity index (χ4n) is 5.20. The van der Waals surface area contributed by atoms with Crippen molar-refractivity contribution in [3.8, 4) is 11.6 Å². The third-order valence-electron chi connectivity index (χ3n) is 7.02. The fraction of sp³-hybridized carbons (Fsp3) is 0.417. The summed E-state index contributed by atoms with van der Waals surface area (Å²) >= 11 is 0. The number of pyridine rings is 1. The summed E-state index contributed by atoms with van der Waals surface area (Å²) in [6.45, 7) is 5.94. The molecule has 200 valence electrons. The van der Waals surface area contributed by atoms with Crippen molar-refractivity contribution in [1.29, 1.82) is 0 Å². The number of aromatic nitrogens is 6. The van der Waals surface area contributed by atoms with Gasteiger partial charge in [0.25, 0.3) is 5.78 Å². The minimum Gasteiger partial charge on any atom is -0.478 e. The molecule has 0 bridgehead atoms. The van der Waals surface area contributed by atoms with Crippen LogP contribution in [0.5, 0.6) is 0 Å². The number of nitrogen functional groups attached to an aromatic ring is 1. The molecular formula is C24H29ClN10O3. The van der Waals surface area contributed by atoms with Crippen LogP contribution in [0.4, 0.5) is 17.6 Å². The summed E-state index contributed by atoms with van der Waals surface area (Å²) < 4.78 is 6.83. The second-order valence-electron chi connectivity index (χ2n) is 9.45. The molecule has 0 radical (unpaired) electrons. The van der Waals surface area contributed by atoms with E-state index in [1.165, 1.54) is 10.7 Å². The van der Waals surface area contributed by atoms with E-state index in [1.54, 1.807) is 30.7 Å². The lowest BCUT2D eigenvalue weighted by Gasteiger charge is -2.40. The van der Waals surface area contributed by atoms with Crippen molar-refractivity contribution in [2.45, 2.75) is 12.8 Å². The molecule has 2 aliphatic rings. The molecule has 4 aromatic heterocycles. The Balaban J connectivity index is 0.00000294. The summed E-state index contributed by atoms with van der Waals surface area (Å²) in [6, 6.07) is 5.13. The van der Waals surface area contributed by atoms with E-state index < -0.39 is 5.97 Å². The number of nitrogens with two attached hydrogens (primary N) is 1. The molecule has 4 aromatic rings. The molecule has 13 nitrogen and oxygen atoms in total. The molecule has 0 aliphatic carbocycles. The Morgan fingerprint density at radius 1 is 1.11 bits per heavy atom. The first-order chi connectivity index (χ1) is 18.0. The smallest absolute Gasteiger partial charge is 0.337 e. The number of nitrogens with zero attached hydrogens (tertiary/aromatic N) is 9. The largest absolute Gasteiger partial charge is 0.478 e. The molecule has 2 aliphatic heterocycles. The van der Waals surface area contributed by atoms with E-state index in [9.17, 15) is 9.90 Å². The molecule has 2 saturated heterocycles. The van der Waals surface area contributed by atoms with Crippen LogP contribution in [0.1, 0.15) is 23.2 Å². The predicted octanol–water partition coefficient (Wildman–Crippen LogP) is 1.92. The monoisotopic (exact) mass is 540 g/mol. The number of carboxylic acid groups (broad SMARTS) is 1. The minimum atomic E-state index is -0.925. The molecule has 0 amide bonds. The lowest BCUT2D eigenvalue weighted by molar-refractivity contribution is 0.0697. The highest BCUT2D eigenvalue weighted by Gasteiger charge is 2.27. The van der Waals surface area contributed by atoms with Crippen molar-refractivity contribution in [3.05, 3.63) is 42.4 Å². The average molecular weight is 541 g/mol. The van der Waals surface area contributed by atoms with Crippen molar-refractivity contribution in [1.82, 2.24) is 34.4 Å². The van der Waals surface area contributed by atoms with Gasteiger partial charge in [0.05, 0.1) is 23.7 Å².